The average Bonchev–Trinajstić information content (AvgIpc) is 2.30. The zero-order valence-electron chi connectivity index (χ0n) is 12.6. The number of anilines is 1. The Morgan fingerprint density at radius 3 is 2.27 bits per heavy atom. The molecule has 0 aliphatic carbocycles. The Morgan fingerprint density at radius 1 is 1.36 bits per heavy atom. The fourth-order valence-corrected chi connectivity index (χ4v) is 1.53. The molecule has 0 radical (unpaired) electrons. The van der Waals surface area contributed by atoms with Crippen LogP contribution >= 0.6 is 15.9 Å². The Kier molecular flexibility index (Phi) is 7.64. The summed E-state index contributed by atoms with van der Waals surface area (Å²) < 4.78 is 23.8. The summed E-state index contributed by atoms with van der Waals surface area (Å²) in [5.74, 6) is -0.156. The number of carbonyl (C=O) groups excluding carboxylic acids is 1. The van der Waals surface area contributed by atoms with Crippen LogP contribution in [0.3, 0.4) is 0 Å². The van der Waals surface area contributed by atoms with Crippen molar-refractivity contribution < 1.29 is 28.6 Å². The van der Waals surface area contributed by atoms with Crippen molar-refractivity contribution in [2.75, 3.05) is 12.4 Å². The molecule has 0 fully saturated rings. The molecule has 22 heavy (non-hydrogen) atoms. The Labute approximate surface area is 135 Å². The lowest BCUT2D eigenvalue weighted by molar-refractivity contribution is 0.0635. The minimum Gasteiger partial charge on any atom is -0.495 e. The van der Waals surface area contributed by atoms with Crippen LogP contribution in [0, 0.1) is 5.82 Å². The van der Waals surface area contributed by atoms with E-state index in [0.717, 1.165) is 6.07 Å². The van der Waals surface area contributed by atoms with Crippen molar-refractivity contribution in [1.82, 2.24) is 0 Å². The summed E-state index contributed by atoms with van der Waals surface area (Å²) in [4.78, 5) is 20.3. The fraction of sp³-hybridized carbons (Fsp3) is 0.385. The van der Waals surface area contributed by atoms with E-state index in [1.807, 2.05) is 0 Å². The summed E-state index contributed by atoms with van der Waals surface area (Å²) >= 11 is 3.04. The van der Waals surface area contributed by atoms with E-state index in [-0.39, 0.29) is 10.2 Å². The first-order valence-electron chi connectivity index (χ1n) is 5.97. The van der Waals surface area contributed by atoms with Crippen LogP contribution in [0.25, 0.3) is 0 Å². The number of amides is 2. The quantitative estimate of drug-likeness (QED) is 0.725. The summed E-state index contributed by atoms with van der Waals surface area (Å²) in [6.07, 6.45) is -2.00. The summed E-state index contributed by atoms with van der Waals surface area (Å²) in [5.41, 5.74) is 3.62. The number of rotatable bonds is 2. The SMILES string of the molecule is COc1cc(Br)c(F)cc1NC(=O)OC(C)(C)C.NC(=O)O. The Hall–Kier alpha value is -2.03. The molecule has 0 bridgehead atoms. The number of hydrogen-bond acceptors (Lipinski definition) is 4. The van der Waals surface area contributed by atoms with Gasteiger partial charge in [-0.05, 0) is 42.8 Å². The third-order valence-electron chi connectivity index (χ3n) is 1.88. The molecule has 0 aliphatic rings. The maximum absolute atomic E-state index is 13.4. The van der Waals surface area contributed by atoms with Gasteiger partial charge in [-0.25, -0.2) is 14.0 Å². The van der Waals surface area contributed by atoms with Gasteiger partial charge in [0.25, 0.3) is 0 Å². The van der Waals surface area contributed by atoms with E-state index in [0.29, 0.717) is 5.75 Å². The number of hydrogen-bond donors (Lipinski definition) is 3. The molecule has 0 unspecified atom stereocenters. The highest BCUT2D eigenvalue weighted by molar-refractivity contribution is 9.10. The van der Waals surface area contributed by atoms with E-state index in [4.69, 9.17) is 19.4 Å². The number of carbonyl (C=O) groups is 2. The van der Waals surface area contributed by atoms with Gasteiger partial charge in [0.05, 0.1) is 17.3 Å². The van der Waals surface area contributed by atoms with Gasteiger partial charge in [-0.2, -0.15) is 0 Å². The molecule has 2 amide bonds. The van der Waals surface area contributed by atoms with Crippen molar-refractivity contribution in [3.63, 3.8) is 0 Å². The maximum atomic E-state index is 13.4. The molecule has 0 aliphatic heterocycles. The van der Waals surface area contributed by atoms with Crippen molar-refractivity contribution >= 4 is 33.8 Å². The van der Waals surface area contributed by atoms with E-state index < -0.39 is 23.6 Å². The van der Waals surface area contributed by atoms with Crippen LogP contribution < -0.4 is 15.8 Å². The van der Waals surface area contributed by atoms with Crippen LogP contribution in [0.15, 0.2) is 16.6 Å². The van der Waals surface area contributed by atoms with Gasteiger partial charge >= 0.3 is 12.2 Å². The molecule has 1 aromatic carbocycles. The lowest BCUT2D eigenvalue weighted by Gasteiger charge is -2.20. The highest BCUT2D eigenvalue weighted by atomic mass is 79.9. The van der Waals surface area contributed by atoms with E-state index in [1.54, 1.807) is 20.8 Å². The predicted molar refractivity (Wildman–Crippen MR) is 82.7 cm³/mol. The molecule has 124 valence electrons. The van der Waals surface area contributed by atoms with Crippen LogP contribution in [0.2, 0.25) is 0 Å². The van der Waals surface area contributed by atoms with Crippen LogP contribution in [-0.4, -0.2) is 30.0 Å². The Bertz CT molecular complexity index is 542. The molecule has 1 aromatic rings. The number of nitrogens with one attached hydrogen (secondary N) is 1. The lowest BCUT2D eigenvalue weighted by Crippen LogP contribution is -2.27. The molecule has 9 heteroatoms. The molecule has 0 saturated carbocycles. The molecular formula is C13H18BrFN2O5. The van der Waals surface area contributed by atoms with Gasteiger partial charge in [-0.15, -0.1) is 0 Å². The summed E-state index contributed by atoms with van der Waals surface area (Å²) in [6, 6.07) is 2.59. The van der Waals surface area contributed by atoms with Crippen LogP contribution in [-0.2, 0) is 4.74 Å². The summed E-state index contributed by atoms with van der Waals surface area (Å²) in [5, 5.41) is 9.63. The molecule has 7 nitrogen and oxygen atoms in total. The zero-order chi connectivity index (χ0) is 17.5. The largest absolute Gasteiger partial charge is 0.495 e. The molecule has 4 N–H and O–H groups in total. The van der Waals surface area contributed by atoms with Gasteiger partial charge < -0.3 is 20.3 Å². The van der Waals surface area contributed by atoms with Gasteiger partial charge in [-0.1, -0.05) is 0 Å². The van der Waals surface area contributed by atoms with Crippen molar-refractivity contribution in [3.8, 4) is 5.75 Å². The molecule has 0 aromatic heterocycles. The highest BCUT2D eigenvalue weighted by Gasteiger charge is 2.18. The summed E-state index contributed by atoms with van der Waals surface area (Å²) in [6.45, 7) is 5.23. The first-order valence-corrected chi connectivity index (χ1v) is 6.77. The number of primary amides is 1. The molecule has 0 atom stereocenters. The maximum Gasteiger partial charge on any atom is 0.412 e. The van der Waals surface area contributed by atoms with Gasteiger partial charge in [0.2, 0.25) is 0 Å². The lowest BCUT2D eigenvalue weighted by atomic mass is 10.2. The highest BCUT2D eigenvalue weighted by Crippen LogP contribution is 2.30. The molecular weight excluding hydrogens is 363 g/mol. The van der Waals surface area contributed by atoms with Crippen LogP contribution in [0.4, 0.5) is 19.7 Å². The normalized spacial score (nSPS) is 10.1. The molecule has 0 heterocycles. The smallest absolute Gasteiger partial charge is 0.412 e. The van der Waals surface area contributed by atoms with E-state index in [1.165, 1.54) is 13.2 Å². The van der Waals surface area contributed by atoms with Gasteiger partial charge in [0.15, 0.2) is 0 Å². The van der Waals surface area contributed by atoms with E-state index in [9.17, 15) is 9.18 Å². The molecule has 0 saturated heterocycles. The monoisotopic (exact) mass is 380 g/mol. The van der Waals surface area contributed by atoms with Crippen LogP contribution in [0.1, 0.15) is 20.8 Å². The topological polar surface area (TPSA) is 111 Å². The van der Waals surface area contributed by atoms with Crippen molar-refractivity contribution in [2.45, 2.75) is 26.4 Å². The van der Waals surface area contributed by atoms with E-state index in [2.05, 4.69) is 27.0 Å². The minimum atomic E-state index is -1.33. The second-order valence-electron chi connectivity index (χ2n) is 4.93. The number of ether oxygens (including phenoxy) is 2. The first kappa shape index (κ1) is 20.0. The second kappa shape index (κ2) is 8.42. The van der Waals surface area contributed by atoms with Crippen LogP contribution in [0.5, 0.6) is 5.75 Å². The van der Waals surface area contributed by atoms with Gasteiger partial charge in [0, 0.05) is 6.07 Å². The fourth-order valence-electron chi connectivity index (χ4n) is 1.21. The standard InChI is InChI=1S/C12H15BrFNO3.CH3NO2/c1-12(2,3)18-11(16)15-9-6-8(14)7(13)5-10(9)17-4;2-1(3)4/h5-6H,1-4H3,(H,15,16);2H2,(H,3,4). The number of methoxy groups -OCH3 is 1. The Morgan fingerprint density at radius 2 is 1.86 bits per heavy atom. The first-order chi connectivity index (χ1) is 9.96. The molecule has 1 rings (SSSR count). The van der Waals surface area contributed by atoms with Crippen molar-refractivity contribution in [3.05, 3.63) is 22.4 Å². The third kappa shape index (κ3) is 8.30. The average molecular weight is 381 g/mol. The number of halogens is 2. The Balaban J connectivity index is 0.000000980. The van der Waals surface area contributed by atoms with Gasteiger partial charge in [0.1, 0.15) is 17.2 Å². The predicted octanol–water partition coefficient (Wildman–Crippen LogP) is 3.57. The third-order valence-corrected chi connectivity index (χ3v) is 2.49. The second-order valence-corrected chi connectivity index (χ2v) is 5.79. The number of carboxylic acid groups (broad SMARTS) is 1. The van der Waals surface area contributed by atoms with Crippen molar-refractivity contribution in [2.24, 2.45) is 5.73 Å². The summed E-state index contributed by atoms with van der Waals surface area (Å²) in [7, 11) is 1.43. The van der Waals surface area contributed by atoms with E-state index >= 15 is 0 Å². The van der Waals surface area contributed by atoms with Gasteiger partial charge in [-0.3, -0.25) is 5.32 Å². The van der Waals surface area contributed by atoms with Crippen molar-refractivity contribution in [1.29, 1.82) is 0 Å². The number of nitrogens with two attached hydrogens (primary N) is 1. The molecule has 0 spiro atoms. The number of benzene rings is 1. The zero-order valence-corrected chi connectivity index (χ0v) is 14.2. The minimum absolute atomic E-state index is 0.215.